The van der Waals surface area contributed by atoms with Crippen molar-refractivity contribution in [3.63, 3.8) is 0 Å². The lowest BCUT2D eigenvalue weighted by atomic mass is 10.0. The van der Waals surface area contributed by atoms with Gasteiger partial charge in [0.1, 0.15) is 11.6 Å². The van der Waals surface area contributed by atoms with Gasteiger partial charge in [0, 0.05) is 18.1 Å². The molecule has 0 fully saturated rings. The number of hydrogen-bond acceptors (Lipinski definition) is 1. The molecule has 0 saturated carbocycles. The van der Waals surface area contributed by atoms with Crippen molar-refractivity contribution >= 4 is 5.78 Å². The van der Waals surface area contributed by atoms with Crippen molar-refractivity contribution in [2.24, 2.45) is 0 Å². The minimum Gasteiger partial charge on any atom is -0.294 e. The van der Waals surface area contributed by atoms with Crippen LogP contribution in [-0.2, 0) is 0 Å². The summed E-state index contributed by atoms with van der Waals surface area (Å²) in [6, 6.07) is 2.99. The monoisotopic (exact) mass is 268 g/mol. The topological polar surface area (TPSA) is 17.1 Å². The molecule has 0 aliphatic heterocycles. The first-order valence-corrected chi connectivity index (χ1v) is 7.12. The molecular formula is C16H22F2O. The van der Waals surface area contributed by atoms with Gasteiger partial charge in [0.05, 0.1) is 0 Å². The summed E-state index contributed by atoms with van der Waals surface area (Å²) in [7, 11) is 0. The zero-order valence-electron chi connectivity index (χ0n) is 11.6. The second-order valence-corrected chi connectivity index (χ2v) is 4.95. The molecule has 0 N–H and O–H groups in total. The summed E-state index contributed by atoms with van der Waals surface area (Å²) in [5.74, 6) is -1.56. The second kappa shape index (κ2) is 8.78. The van der Waals surface area contributed by atoms with Gasteiger partial charge in [-0.15, -0.1) is 0 Å². The Balaban J connectivity index is 2.24. The predicted molar refractivity (Wildman–Crippen MR) is 73.3 cm³/mol. The van der Waals surface area contributed by atoms with Crippen molar-refractivity contribution in [2.45, 2.75) is 58.3 Å². The predicted octanol–water partition coefficient (Wildman–Crippen LogP) is 5.29. The van der Waals surface area contributed by atoms with E-state index in [1.807, 2.05) is 0 Å². The van der Waals surface area contributed by atoms with Gasteiger partial charge >= 0.3 is 0 Å². The number of carbonyl (C=O) groups excluding carboxylic acids is 1. The first-order chi connectivity index (χ1) is 9.13. The van der Waals surface area contributed by atoms with Crippen molar-refractivity contribution in [3.8, 4) is 0 Å². The highest BCUT2D eigenvalue weighted by molar-refractivity contribution is 5.96. The summed E-state index contributed by atoms with van der Waals surface area (Å²) >= 11 is 0. The normalized spacial score (nSPS) is 10.7. The van der Waals surface area contributed by atoms with Crippen molar-refractivity contribution in [1.82, 2.24) is 0 Å². The number of rotatable bonds is 9. The van der Waals surface area contributed by atoms with E-state index in [1.54, 1.807) is 0 Å². The molecule has 1 aromatic rings. The maximum atomic E-state index is 13.0. The average Bonchev–Trinajstić information content (AvgIpc) is 2.36. The van der Waals surface area contributed by atoms with Gasteiger partial charge in [-0.3, -0.25) is 4.79 Å². The van der Waals surface area contributed by atoms with E-state index in [1.165, 1.54) is 25.7 Å². The molecule has 1 aromatic carbocycles. The molecule has 0 amide bonds. The van der Waals surface area contributed by atoms with Crippen molar-refractivity contribution < 1.29 is 13.6 Å². The molecule has 0 spiro atoms. The number of Topliss-reactive ketones (excluding diaryl/α,β-unsaturated/α-hetero) is 1. The van der Waals surface area contributed by atoms with Crippen LogP contribution in [0, 0.1) is 11.6 Å². The van der Waals surface area contributed by atoms with Crippen LogP contribution in [0.1, 0.15) is 68.6 Å². The third-order valence-corrected chi connectivity index (χ3v) is 3.19. The van der Waals surface area contributed by atoms with Crippen LogP contribution in [0.2, 0.25) is 0 Å². The molecule has 0 aromatic heterocycles. The standard InChI is InChI=1S/C16H22F2O/c1-2-3-4-5-6-7-8-9-16(19)13-10-14(17)12-15(18)11-13/h10-12H,2-9H2,1H3. The molecule has 0 aliphatic carbocycles. The minimum absolute atomic E-state index is 0.142. The van der Waals surface area contributed by atoms with E-state index in [4.69, 9.17) is 0 Å². The van der Waals surface area contributed by atoms with Crippen LogP contribution >= 0.6 is 0 Å². The van der Waals surface area contributed by atoms with E-state index in [9.17, 15) is 13.6 Å². The van der Waals surface area contributed by atoms with E-state index in [2.05, 4.69) is 6.92 Å². The van der Waals surface area contributed by atoms with Gasteiger partial charge in [-0.2, -0.15) is 0 Å². The summed E-state index contributed by atoms with van der Waals surface area (Å²) < 4.78 is 25.9. The van der Waals surface area contributed by atoms with Crippen molar-refractivity contribution in [2.75, 3.05) is 0 Å². The molecule has 0 aliphatic rings. The highest BCUT2D eigenvalue weighted by Crippen LogP contribution is 2.13. The first kappa shape index (κ1) is 15.8. The number of hydrogen-bond donors (Lipinski definition) is 0. The summed E-state index contributed by atoms with van der Waals surface area (Å²) in [5, 5.41) is 0. The van der Waals surface area contributed by atoms with Crippen LogP contribution in [0.15, 0.2) is 18.2 Å². The van der Waals surface area contributed by atoms with Crippen LogP contribution in [-0.4, -0.2) is 5.78 Å². The molecular weight excluding hydrogens is 246 g/mol. The third kappa shape index (κ3) is 6.46. The van der Waals surface area contributed by atoms with E-state index in [0.717, 1.165) is 37.5 Å². The largest absolute Gasteiger partial charge is 0.294 e. The molecule has 0 bridgehead atoms. The number of halogens is 2. The van der Waals surface area contributed by atoms with Crippen LogP contribution in [0.5, 0.6) is 0 Å². The number of unbranched alkanes of at least 4 members (excludes halogenated alkanes) is 6. The number of benzene rings is 1. The van der Waals surface area contributed by atoms with Crippen molar-refractivity contribution in [1.29, 1.82) is 0 Å². The SMILES string of the molecule is CCCCCCCCCC(=O)c1cc(F)cc(F)c1. The summed E-state index contributed by atoms with van der Waals surface area (Å²) in [4.78, 5) is 11.8. The van der Waals surface area contributed by atoms with Crippen LogP contribution in [0.4, 0.5) is 8.78 Å². The minimum atomic E-state index is -0.692. The van der Waals surface area contributed by atoms with Gasteiger partial charge in [-0.1, -0.05) is 45.4 Å². The Morgan fingerprint density at radius 3 is 2.00 bits per heavy atom. The molecule has 0 saturated heterocycles. The number of carbonyl (C=O) groups is 1. The Labute approximate surface area is 114 Å². The Kier molecular flexibility index (Phi) is 7.31. The summed E-state index contributed by atoms with van der Waals surface area (Å²) in [5.41, 5.74) is 0.142. The molecule has 1 rings (SSSR count). The van der Waals surface area contributed by atoms with Crippen LogP contribution in [0.3, 0.4) is 0 Å². The highest BCUT2D eigenvalue weighted by Gasteiger charge is 2.08. The Bertz CT molecular complexity index is 381. The first-order valence-electron chi connectivity index (χ1n) is 7.12. The molecule has 0 heterocycles. The smallest absolute Gasteiger partial charge is 0.163 e. The van der Waals surface area contributed by atoms with E-state index >= 15 is 0 Å². The highest BCUT2D eigenvalue weighted by atomic mass is 19.1. The van der Waals surface area contributed by atoms with Crippen molar-refractivity contribution in [3.05, 3.63) is 35.4 Å². The lowest BCUT2D eigenvalue weighted by molar-refractivity contribution is 0.0978. The van der Waals surface area contributed by atoms with Crippen LogP contribution in [0.25, 0.3) is 0 Å². The third-order valence-electron chi connectivity index (χ3n) is 3.19. The Morgan fingerprint density at radius 1 is 0.895 bits per heavy atom. The molecule has 3 heteroatoms. The summed E-state index contributed by atoms with van der Waals surface area (Å²) in [6.45, 7) is 2.18. The summed E-state index contributed by atoms with van der Waals surface area (Å²) in [6.07, 6.45) is 8.25. The van der Waals surface area contributed by atoms with E-state index in [-0.39, 0.29) is 11.3 Å². The Hall–Kier alpha value is -1.25. The molecule has 1 nitrogen and oxygen atoms in total. The lowest BCUT2D eigenvalue weighted by Crippen LogP contribution is -2.00. The average molecular weight is 268 g/mol. The molecule has 106 valence electrons. The molecule has 0 atom stereocenters. The Morgan fingerprint density at radius 2 is 1.42 bits per heavy atom. The van der Waals surface area contributed by atoms with E-state index < -0.39 is 11.6 Å². The number of ketones is 1. The molecule has 0 unspecified atom stereocenters. The zero-order valence-corrected chi connectivity index (χ0v) is 11.6. The van der Waals surface area contributed by atoms with Gasteiger partial charge in [-0.05, 0) is 18.6 Å². The fraction of sp³-hybridized carbons (Fsp3) is 0.562. The fourth-order valence-electron chi connectivity index (χ4n) is 2.10. The quantitative estimate of drug-likeness (QED) is 0.439. The zero-order chi connectivity index (χ0) is 14.1. The lowest BCUT2D eigenvalue weighted by Gasteiger charge is -2.03. The molecule has 19 heavy (non-hydrogen) atoms. The van der Waals surface area contributed by atoms with E-state index in [0.29, 0.717) is 6.42 Å². The molecule has 0 radical (unpaired) electrons. The maximum absolute atomic E-state index is 13.0. The van der Waals surface area contributed by atoms with Gasteiger partial charge < -0.3 is 0 Å². The van der Waals surface area contributed by atoms with Gasteiger partial charge in [0.2, 0.25) is 0 Å². The fourth-order valence-corrected chi connectivity index (χ4v) is 2.10. The maximum Gasteiger partial charge on any atom is 0.163 e. The van der Waals surface area contributed by atoms with Gasteiger partial charge in [0.15, 0.2) is 5.78 Å². The second-order valence-electron chi connectivity index (χ2n) is 4.95. The van der Waals surface area contributed by atoms with Gasteiger partial charge in [0.25, 0.3) is 0 Å². The van der Waals surface area contributed by atoms with Gasteiger partial charge in [-0.25, -0.2) is 8.78 Å². The van der Waals surface area contributed by atoms with Crippen LogP contribution < -0.4 is 0 Å².